The summed E-state index contributed by atoms with van der Waals surface area (Å²) in [4.78, 5) is 24.7. The summed E-state index contributed by atoms with van der Waals surface area (Å²) in [5.41, 5.74) is 8.44. The van der Waals surface area contributed by atoms with Gasteiger partial charge >= 0.3 is 0 Å². The van der Waals surface area contributed by atoms with Gasteiger partial charge in [-0.1, -0.05) is 45.0 Å². The molecule has 1 unspecified atom stereocenters. The van der Waals surface area contributed by atoms with Crippen LogP contribution in [0.15, 0.2) is 48.5 Å². The van der Waals surface area contributed by atoms with E-state index < -0.39 is 6.04 Å². The van der Waals surface area contributed by atoms with Crippen LogP contribution in [-0.4, -0.2) is 31.6 Å². The summed E-state index contributed by atoms with van der Waals surface area (Å²) < 4.78 is 4.89. The molecule has 0 aliphatic rings. The van der Waals surface area contributed by atoms with Crippen LogP contribution in [0.2, 0.25) is 0 Å². The summed E-state index contributed by atoms with van der Waals surface area (Å²) in [5, 5.41) is 5.56. The third kappa shape index (κ3) is 6.34. The number of nitrogens with one attached hydrogen (secondary N) is 2. The molecule has 2 aromatic carbocycles. The van der Waals surface area contributed by atoms with Crippen LogP contribution in [0.25, 0.3) is 0 Å². The van der Waals surface area contributed by atoms with Crippen LogP contribution < -0.4 is 16.4 Å². The van der Waals surface area contributed by atoms with Gasteiger partial charge in [-0.05, 0) is 35.2 Å². The number of carbonyl (C=O) groups is 2. The average molecular weight is 406 g/mol. The Morgan fingerprint density at radius 2 is 1.54 bits per heavy atom. The highest BCUT2D eigenvalue weighted by Crippen LogP contribution is 2.24. The van der Waals surface area contributed by atoms with Crippen LogP contribution in [0.3, 0.4) is 0 Å². The zero-order valence-corrected chi connectivity index (χ0v) is 17.4. The van der Waals surface area contributed by atoms with Crippen molar-refractivity contribution in [2.45, 2.75) is 32.2 Å². The van der Waals surface area contributed by atoms with E-state index in [9.17, 15) is 9.59 Å². The minimum absolute atomic E-state index is 0. The lowest BCUT2D eigenvalue weighted by molar-refractivity contribution is -0.118. The quantitative estimate of drug-likeness (QED) is 0.684. The summed E-state index contributed by atoms with van der Waals surface area (Å²) >= 11 is 0. The molecule has 0 saturated carbocycles. The van der Waals surface area contributed by atoms with E-state index in [4.69, 9.17) is 10.5 Å². The van der Waals surface area contributed by atoms with Gasteiger partial charge in [-0.15, -0.1) is 12.4 Å². The van der Waals surface area contributed by atoms with E-state index in [0.29, 0.717) is 16.9 Å². The number of ether oxygens (including phenoxy) is 1. The van der Waals surface area contributed by atoms with Crippen LogP contribution in [0.5, 0.6) is 0 Å². The number of rotatable bonds is 6. The zero-order chi connectivity index (χ0) is 20.0. The standard InChI is InChI=1S/C21H27N3O3.ClH/c1-21(2,3)15-11-9-14(10-12-15)19(25)23-17-7-5-6-8-18(17)24-20(26)16(22)13-27-4;/h5-12,16H,13,22H2,1-4H3,(H,23,25)(H,24,26);1H. The first-order valence-corrected chi connectivity index (χ1v) is 8.78. The Bertz CT molecular complexity index is 801. The van der Waals surface area contributed by atoms with Gasteiger partial charge in [0.2, 0.25) is 5.91 Å². The van der Waals surface area contributed by atoms with Crippen molar-refractivity contribution in [2.75, 3.05) is 24.4 Å². The number of anilines is 2. The molecule has 0 heterocycles. The van der Waals surface area contributed by atoms with Gasteiger partial charge in [-0.25, -0.2) is 0 Å². The lowest BCUT2D eigenvalue weighted by Gasteiger charge is -2.19. The summed E-state index contributed by atoms with van der Waals surface area (Å²) in [6.07, 6.45) is 0. The first-order chi connectivity index (χ1) is 12.7. The first-order valence-electron chi connectivity index (χ1n) is 8.78. The smallest absolute Gasteiger partial charge is 0.255 e. The van der Waals surface area contributed by atoms with Crippen molar-refractivity contribution in [3.8, 4) is 0 Å². The normalized spacial score (nSPS) is 11.9. The van der Waals surface area contributed by atoms with Gasteiger partial charge < -0.3 is 21.1 Å². The predicted molar refractivity (Wildman–Crippen MR) is 115 cm³/mol. The fraction of sp³-hybridized carbons (Fsp3) is 0.333. The van der Waals surface area contributed by atoms with Crippen LogP contribution in [0.1, 0.15) is 36.7 Å². The van der Waals surface area contributed by atoms with Crippen LogP contribution in [-0.2, 0) is 14.9 Å². The molecule has 0 radical (unpaired) electrons. The minimum Gasteiger partial charge on any atom is -0.383 e. The number of hydrogen-bond donors (Lipinski definition) is 3. The topological polar surface area (TPSA) is 93.4 Å². The Kier molecular flexibility index (Phi) is 8.63. The predicted octanol–water partition coefficient (Wildman–Crippen LogP) is 3.57. The maximum Gasteiger partial charge on any atom is 0.255 e. The molecule has 0 aliphatic heterocycles. The number of benzene rings is 2. The summed E-state index contributed by atoms with van der Waals surface area (Å²) in [6, 6.07) is 13.7. The van der Waals surface area contributed by atoms with Crippen molar-refractivity contribution in [1.82, 2.24) is 0 Å². The molecule has 0 fully saturated rings. The van der Waals surface area contributed by atoms with Gasteiger partial charge in [0.05, 0.1) is 18.0 Å². The van der Waals surface area contributed by atoms with Crippen molar-refractivity contribution < 1.29 is 14.3 Å². The summed E-state index contributed by atoms with van der Waals surface area (Å²) in [7, 11) is 1.48. The van der Waals surface area contributed by atoms with Crippen molar-refractivity contribution in [3.63, 3.8) is 0 Å². The van der Waals surface area contributed by atoms with Crippen LogP contribution in [0, 0.1) is 0 Å². The molecule has 1 atom stereocenters. The van der Waals surface area contributed by atoms with Crippen molar-refractivity contribution >= 4 is 35.6 Å². The molecule has 7 heteroatoms. The third-order valence-corrected chi connectivity index (χ3v) is 4.13. The Labute approximate surface area is 172 Å². The zero-order valence-electron chi connectivity index (χ0n) is 16.6. The van der Waals surface area contributed by atoms with Crippen molar-refractivity contribution in [3.05, 3.63) is 59.7 Å². The Morgan fingerprint density at radius 3 is 2.04 bits per heavy atom. The Morgan fingerprint density at radius 1 is 1.00 bits per heavy atom. The van der Waals surface area contributed by atoms with Crippen molar-refractivity contribution in [2.24, 2.45) is 5.73 Å². The number of methoxy groups -OCH3 is 1. The summed E-state index contributed by atoms with van der Waals surface area (Å²) in [6.45, 7) is 6.47. The van der Waals surface area contributed by atoms with E-state index >= 15 is 0 Å². The Balaban J connectivity index is 0.00000392. The molecule has 6 nitrogen and oxygen atoms in total. The first kappa shape index (κ1) is 23.6. The van der Waals surface area contributed by atoms with E-state index in [2.05, 4.69) is 31.4 Å². The van der Waals surface area contributed by atoms with Gasteiger partial charge in [0.15, 0.2) is 0 Å². The fourth-order valence-corrected chi connectivity index (χ4v) is 2.50. The maximum atomic E-state index is 12.6. The minimum atomic E-state index is -0.788. The van der Waals surface area contributed by atoms with E-state index in [0.717, 1.165) is 5.56 Å². The van der Waals surface area contributed by atoms with Gasteiger partial charge in [0.1, 0.15) is 6.04 Å². The highest BCUT2D eigenvalue weighted by Gasteiger charge is 2.17. The molecule has 2 aromatic rings. The molecule has 2 amide bonds. The number of hydrogen-bond acceptors (Lipinski definition) is 4. The van der Waals surface area contributed by atoms with E-state index in [1.165, 1.54) is 7.11 Å². The summed E-state index contributed by atoms with van der Waals surface area (Å²) in [5.74, 6) is -0.633. The monoisotopic (exact) mass is 405 g/mol. The lowest BCUT2D eigenvalue weighted by Crippen LogP contribution is -2.39. The van der Waals surface area contributed by atoms with Crippen molar-refractivity contribution in [1.29, 1.82) is 0 Å². The number of amides is 2. The lowest BCUT2D eigenvalue weighted by atomic mass is 9.87. The fourth-order valence-electron chi connectivity index (χ4n) is 2.50. The molecule has 28 heavy (non-hydrogen) atoms. The SMILES string of the molecule is COCC(N)C(=O)Nc1ccccc1NC(=O)c1ccc(C(C)(C)C)cc1.Cl. The molecule has 152 valence electrons. The van der Waals surface area contributed by atoms with Crippen LogP contribution in [0.4, 0.5) is 11.4 Å². The molecule has 0 aliphatic carbocycles. The third-order valence-electron chi connectivity index (χ3n) is 4.13. The van der Waals surface area contributed by atoms with Gasteiger partial charge in [0, 0.05) is 12.7 Å². The molecule has 0 saturated heterocycles. The van der Waals surface area contributed by atoms with Crippen LogP contribution >= 0.6 is 12.4 Å². The molecule has 0 spiro atoms. The van der Waals surface area contributed by atoms with Gasteiger partial charge in [-0.3, -0.25) is 9.59 Å². The molecule has 4 N–H and O–H groups in total. The number of halogens is 1. The van der Waals surface area contributed by atoms with E-state index in [-0.39, 0.29) is 36.2 Å². The van der Waals surface area contributed by atoms with E-state index in [1.807, 2.05) is 12.1 Å². The number of carbonyl (C=O) groups excluding carboxylic acids is 2. The highest BCUT2D eigenvalue weighted by molar-refractivity contribution is 6.07. The maximum absolute atomic E-state index is 12.6. The largest absolute Gasteiger partial charge is 0.383 e. The van der Waals surface area contributed by atoms with E-state index in [1.54, 1.807) is 36.4 Å². The van der Waals surface area contributed by atoms with Gasteiger partial charge in [-0.2, -0.15) is 0 Å². The molecular formula is C21H28ClN3O3. The molecule has 2 rings (SSSR count). The molecule has 0 bridgehead atoms. The molecule has 0 aromatic heterocycles. The second-order valence-corrected chi connectivity index (χ2v) is 7.38. The second kappa shape index (κ2) is 10.2. The highest BCUT2D eigenvalue weighted by atomic mass is 35.5. The number of nitrogens with two attached hydrogens (primary N) is 1. The van der Waals surface area contributed by atoms with Gasteiger partial charge in [0.25, 0.3) is 5.91 Å². The second-order valence-electron chi connectivity index (χ2n) is 7.38. The average Bonchev–Trinajstić information content (AvgIpc) is 2.62. The molecular weight excluding hydrogens is 378 g/mol. The Hall–Kier alpha value is -2.41. The number of para-hydroxylation sites is 2.